The highest BCUT2D eigenvalue weighted by Crippen LogP contribution is 2.32. The number of H-pyrrole nitrogens is 1. The second-order valence-corrected chi connectivity index (χ2v) is 6.07. The van der Waals surface area contributed by atoms with Crippen molar-refractivity contribution in [3.8, 4) is 28.4 Å². The van der Waals surface area contributed by atoms with Crippen LogP contribution in [-0.2, 0) is 0 Å². The van der Waals surface area contributed by atoms with E-state index in [0.29, 0.717) is 28.8 Å². The lowest BCUT2D eigenvalue weighted by Crippen LogP contribution is -2.28. The minimum Gasteiger partial charge on any atom is -0.507 e. The van der Waals surface area contributed by atoms with Crippen molar-refractivity contribution < 1.29 is 5.11 Å². The summed E-state index contributed by atoms with van der Waals surface area (Å²) in [6.45, 7) is 2.59. The van der Waals surface area contributed by atoms with E-state index in [0.717, 1.165) is 17.7 Å². The van der Waals surface area contributed by atoms with Crippen LogP contribution in [0.5, 0.6) is 5.75 Å². The Morgan fingerprint density at radius 1 is 1.32 bits per heavy atom. The van der Waals surface area contributed by atoms with Crippen LogP contribution in [0.4, 0.5) is 5.82 Å². The van der Waals surface area contributed by atoms with Crippen LogP contribution >= 0.6 is 11.6 Å². The third kappa shape index (κ3) is 3.89. The Balaban J connectivity index is 2.03. The number of hydrogen-bond acceptors (Lipinski definition) is 6. The Hall–Kier alpha value is -2.64. The van der Waals surface area contributed by atoms with Gasteiger partial charge in [-0.25, -0.2) is 9.97 Å². The maximum atomic E-state index is 10.1. The van der Waals surface area contributed by atoms with Crippen molar-refractivity contribution in [2.24, 2.45) is 5.73 Å². The molecule has 0 saturated carbocycles. The fraction of sp³-hybridized carbons (Fsp3) is 0.235. The molecule has 3 rings (SSSR count). The Morgan fingerprint density at radius 2 is 2.16 bits per heavy atom. The lowest BCUT2D eigenvalue weighted by molar-refractivity contribution is 0.477. The molecule has 8 heteroatoms. The van der Waals surface area contributed by atoms with Gasteiger partial charge in [-0.15, -0.1) is 0 Å². The summed E-state index contributed by atoms with van der Waals surface area (Å²) in [5, 5.41) is 20.7. The summed E-state index contributed by atoms with van der Waals surface area (Å²) in [6.07, 6.45) is 4.18. The molecule has 2 heterocycles. The Morgan fingerprint density at radius 3 is 2.88 bits per heavy atom. The zero-order chi connectivity index (χ0) is 17.8. The normalized spacial score (nSPS) is 12.1. The predicted octanol–water partition coefficient (Wildman–Crippen LogP) is 3.04. The highest BCUT2D eigenvalue weighted by Gasteiger charge is 2.15. The van der Waals surface area contributed by atoms with E-state index >= 15 is 0 Å². The first-order valence-electron chi connectivity index (χ1n) is 7.93. The molecule has 2 aromatic heterocycles. The quantitative estimate of drug-likeness (QED) is 0.538. The van der Waals surface area contributed by atoms with Crippen molar-refractivity contribution in [2.45, 2.75) is 19.4 Å². The average Bonchev–Trinajstić information content (AvgIpc) is 3.16. The molecule has 0 fully saturated rings. The molecule has 0 aliphatic heterocycles. The number of aromatic nitrogens is 4. The molecule has 130 valence electrons. The molecule has 0 bridgehead atoms. The van der Waals surface area contributed by atoms with Gasteiger partial charge in [-0.3, -0.25) is 5.10 Å². The molecule has 0 amide bonds. The van der Waals surface area contributed by atoms with Crippen molar-refractivity contribution in [2.75, 3.05) is 11.9 Å². The Kier molecular flexibility index (Phi) is 5.16. The number of phenolic OH excluding ortho intramolecular Hbond substituents is 1. The van der Waals surface area contributed by atoms with E-state index in [9.17, 15) is 5.11 Å². The molecule has 1 atom stereocenters. The fourth-order valence-electron chi connectivity index (χ4n) is 2.31. The number of phenols is 1. The molecule has 0 aliphatic carbocycles. The number of anilines is 1. The van der Waals surface area contributed by atoms with Gasteiger partial charge in [-0.05, 0) is 30.7 Å². The molecular weight excluding hydrogens is 340 g/mol. The highest BCUT2D eigenvalue weighted by atomic mass is 35.5. The SMILES string of the molecule is CC[C@@H](N)CNc1nc(-c2cc(Cl)ccc2O)ncc1-c1ccn[nH]1. The van der Waals surface area contributed by atoms with Crippen molar-refractivity contribution in [3.05, 3.63) is 41.7 Å². The summed E-state index contributed by atoms with van der Waals surface area (Å²) in [5.74, 6) is 1.04. The van der Waals surface area contributed by atoms with Crippen molar-refractivity contribution in [1.82, 2.24) is 20.2 Å². The van der Waals surface area contributed by atoms with Crippen LogP contribution in [-0.4, -0.2) is 37.9 Å². The highest BCUT2D eigenvalue weighted by molar-refractivity contribution is 6.30. The molecule has 1 aromatic carbocycles. The summed E-state index contributed by atoms with van der Waals surface area (Å²) in [4.78, 5) is 8.93. The molecule has 7 nitrogen and oxygen atoms in total. The largest absolute Gasteiger partial charge is 0.507 e. The zero-order valence-corrected chi connectivity index (χ0v) is 14.5. The van der Waals surface area contributed by atoms with Gasteiger partial charge in [0.25, 0.3) is 0 Å². The molecule has 5 N–H and O–H groups in total. The fourth-order valence-corrected chi connectivity index (χ4v) is 2.48. The first kappa shape index (κ1) is 17.2. The predicted molar refractivity (Wildman–Crippen MR) is 98.5 cm³/mol. The van der Waals surface area contributed by atoms with Crippen molar-refractivity contribution >= 4 is 17.4 Å². The summed E-state index contributed by atoms with van der Waals surface area (Å²) >= 11 is 6.03. The van der Waals surface area contributed by atoms with Gasteiger partial charge in [0.05, 0.1) is 16.8 Å². The third-order valence-electron chi connectivity index (χ3n) is 3.84. The van der Waals surface area contributed by atoms with Gasteiger partial charge in [0, 0.05) is 30.0 Å². The van der Waals surface area contributed by atoms with Crippen LogP contribution in [0, 0.1) is 0 Å². The molecule has 0 unspecified atom stereocenters. The van der Waals surface area contributed by atoms with E-state index in [4.69, 9.17) is 17.3 Å². The minimum absolute atomic E-state index is 0.00704. The zero-order valence-electron chi connectivity index (χ0n) is 13.7. The number of benzene rings is 1. The van der Waals surface area contributed by atoms with E-state index in [1.165, 1.54) is 6.07 Å². The molecule has 25 heavy (non-hydrogen) atoms. The van der Waals surface area contributed by atoms with Gasteiger partial charge in [-0.1, -0.05) is 18.5 Å². The van der Waals surface area contributed by atoms with Crippen molar-refractivity contribution in [1.29, 1.82) is 0 Å². The summed E-state index contributed by atoms with van der Waals surface area (Å²) in [7, 11) is 0. The standard InChI is InChI=1S/C17H19ClN6O/c1-2-11(19)8-20-17-13(14-5-6-22-24-14)9-21-16(23-17)12-7-10(18)3-4-15(12)25/h3-7,9,11,25H,2,8,19H2,1H3,(H,22,24)(H,20,21,23)/t11-/m1/s1. The van der Waals surface area contributed by atoms with Gasteiger partial charge in [-0.2, -0.15) is 5.10 Å². The van der Waals surface area contributed by atoms with Gasteiger partial charge >= 0.3 is 0 Å². The summed E-state index contributed by atoms with van der Waals surface area (Å²) in [6, 6.07) is 6.60. The summed E-state index contributed by atoms with van der Waals surface area (Å²) < 4.78 is 0. The van der Waals surface area contributed by atoms with Gasteiger partial charge in [0.2, 0.25) is 0 Å². The maximum absolute atomic E-state index is 10.1. The number of nitrogens with two attached hydrogens (primary N) is 1. The average molecular weight is 359 g/mol. The van der Waals surface area contributed by atoms with Crippen molar-refractivity contribution in [3.63, 3.8) is 0 Å². The second-order valence-electron chi connectivity index (χ2n) is 5.64. The topological polar surface area (TPSA) is 113 Å². The number of aromatic hydroxyl groups is 1. The lowest BCUT2D eigenvalue weighted by atomic mass is 10.1. The van der Waals surface area contributed by atoms with Crippen LogP contribution in [0.2, 0.25) is 5.02 Å². The first-order valence-corrected chi connectivity index (χ1v) is 8.31. The van der Waals surface area contributed by atoms with Crippen LogP contribution in [0.25, 0.3) is 22.6 Å². The van der Waals surface area contributed by atoms with Gasteiger partial charge in [0.1, 0.15) is 11.6 Å². The van der Waals surface area contributed by atoms with Crippen LogP contribution in [0.1, 0.15) is 13.3 Å². The minimum atomic E-state index is 0.00704. The van der Waals surface area contributed by atoms with E-state index in [1.807, 2.05) is 13.0 Å². The number of hydrogen-bond donors (Lipinski definition) is 4. The third-order valence-corrected chi connectivity index (χ3v) is 4.07. The molecule has 0 radical (unpaired) electrons. The van der Waals surface area contributed by atoms with Gasteiger partial charge < -0.3 is 16.2 Å². The second kappa shape index (κ2) is 7.50. The smallest absolute Gasteiger partial charge is 0.165 e. The van der Waals surface area contributed by atoms with Crippen LogP contribution in [0.15, 0.2) is 36.7 Å². The molecular formula is C17H19ClN6O. The number of halogens is 1. The van der Waals surface area contributed by atoms with Crippen LogP contribution in [0.3, 0.4) is 0 Å². The van der Waals surface area contributed by atoms with Gasteiger partial charge in [0.15, 0.2) is 5.82 Å². The number of nitrogens with zero attached hydrogens (tertiary/aromatic N) is 3. The Bertz CT molecular complexity index is 852. The van der Waals surface area contributed by atoms with E-state index in [-0.39, 0.29) is 11.8 Å². The molecule has 0 aliphatic rings. The lowest BCUT2D eigenvalue weighted by Gasteiger charge is -2.14. The number of aromatic amines is 1. The van der Waals surface area contributed by atoms with E-state index in [2.05, 4.69) is 25.5 Å². The first-order chi connectivity index (χ1) is 12.1. The Labute approximate surface area is 150 Å². The molecule has 0 spiro atoms. The number of nitrogens with one attached hydrogen (secondary N) is 2. The van der Waals surface area contributed by atoms with Crippen LogP contribution < -0.4 is 11.1 Å². The molecule has 3 aromatic rings. The summed E-state index contributed by atoms with van der Waals surface area (Å²) in [5.41, 5.74) is 8.02. The molecule has 0 saturated heterocycles. The maximum Gasteiger partial charge on any atom is 0.165 e. The van der Waals surface area contributed by atoms with E-state index in [1.54, 1.807) is 24.5 Å². The monoisotopic (exact) mass is 358 g/mol. The number of rotatable bonds is 6. The van der Waals surface area contributed by atoms with E-state index < -0.39 is 0 Å².